The van der Waals surface area contributed by atoms with Gasteiger partial charge in [0.2, 0.25) is 0 Å². The van der Waals surface area contributed by atoms with E-state index in [4.69, 9.17) is 28.9 Å². The van der Waals surface area contributed by atoms with Gasteiger partial charge in [-0.1, -0.05) is 35.3 Å². The Hall–Kier alpha value is -0.570. The Balaban J connectivity index is 2.91. The summed E-state index contributed by atoms with van der Waals surface area (Å²) in [5.41, 5.74) is 5.56. The van der Waals surface area contributed by atoms with Crippen molar-refractivity contribution in [1.82, 2.24) is 0 Å². The van der Waals surface area contributed by atoms with Crippen molar-refractivity contribution in [2.24, 2.45) is 5.73 Å². The van der Waals surface area contributed by atoms with Crippen molar-refractivity contribution in [3.05, 3.63) is 33.8 Å². The first-order valence-electron chi connectivity index (χ1n) is 4.57. The van der Waals surface area contributed by atoms with Crippen LogP contribution in [0.15, 0.2) is 18.2 Å². The molecular formula is C11H13Cl2NO. The molecule has 0 aromatic heterocycles. The Labute approximate surface area is 99.4 Å². The number of carbonyl (C=O) groups is 1. The molecule has 0 spiro atoms. The number of carbonyl (C=O) groups excluding carboxylic acids is 1. The number of hydrogen-bond acceptors (Lipinski definition) is 2. The van der Waals surface area contributed by atoms with E-state index >= 15 is 0 Å². The Bertz CT molecular complexity index is 383. The van der Waals surface area contributed by atoms with E-state index in [1.165, 1.54) is 0 Å². The number of benzene rings is 1. The van der Waals surface area contributed by atoms with Gasteiger partial charge in [0.15, 0.2) is 5.78 Å². The highest BCUT2D eigenvalue weighted by atomic mass is 35.5. The van der Waals surface area contributed by atoms with Crippen LogP contribution in [-0.4, -0.2) is 11.3 Å². The zero-order valence-electron chi connectivity index (χ0n) is 8.68. The Morgan fingerprint density at radius 1 is 1.40 bits per heavy atom. The van der Waals surface area contributed by atoms with Crippen LogP contribution < -0.4 is 5.73 Å². The summed E-state index contributed by atoms with van der Waals surface area (Å²) in [5.74, 6) is -0.0633. The lowest BCUT2D eigenvalue weighted by molar-refractivity contribution is -0.122. The van der Waals surface area contributed by atoms with Gasteiger partial charge in [-0.3, -0.25) is 4.79 Å². The molecule has 0 aliphatic heterocycles. The molecule has 0 amide bonds. The molecule has 0 unspecified atom stereocenters. The Kier molecular flexibility index (Phi) is 3.77. The van der Waals surface area contributed by atoms with E-state index in [0.29, 0.717) is 15.6 Å². The van der Waals surface area contributed by atoms with Crippen molar-refractivity contribution < 1.29 is 4.79 Å². The third-order valence-corrected chi connectivity index (χ3v) is 2.96. The van der Waals surface area contributed by atoms with E-state index < -0.39 is 5.54 Å². The average molecular weight is 246 g/mol. The quantitative estimate of drug-likeness (QED) is 0.891. The first-order valence-corrected chi connectivity index (χ1v) is 5.33. The minimum Gasteiger partial charge on any atom is -0.319 e. The maximum atomic E-state index is 11.7. The molecule has 0 aliphatic carbocycles. The summed E-state index contributed by atoms with van der Waals surface area (Å²) >= 11 is 11.8. The molecule has 0 aliphatic rings. The number of rotatable bonds is 3. The van der Waals surface area contributed by atoms with E-state index in [1.807, 2.05) is 0 Å². The molecule has 2 N–H and O–H groups in total. The molecule has 0 saturated carbocycles. The van der Waals surface area contributed by atoms with E-state index in [-0.39, 0.29) is 12.2 Å². The van der Waals surface area contributed by atoms with Crippen LogP contribution >= 0.6 is 23.2 Å². The van der Waals surface area contributed by atoms with Gasteiger partial charge in [0.1, 0.15) is 0 Å². The van der Waals surface area contributed by atoms with Gasteiger partial charge in [-0.15, -0.1) is 0 Å². The van der Waals surface area contributed by atoms with Crippen LogP contribution in [0.1, 0.15) is 19.4 Å². The highest BCUT2D eigenvalue weighted by Crippen LogP contribution is 2.26. The SMILES string of the molecule is CC(C)(N)C(=O)Cc1cccc(Cl)c1Cl. The number of Topliss-reactive ketones (excluding diaryl/α,β-unsaturated/α-hetero) is 1. The number of halogens is 2. The zero-order chi connectivity index (χ0) is 11.6. The van der Waals surface area contributed by atoms with Crippen LogP contribution in [0.3, 0.4) is 0 Å². The fourth-order valence-corrected chi connectivity index (χ4v) is 1.47. The molecular weight excluding hydrogens is 233 g/mol. The lowest BCUT2D eigenvalue weighted by Crippen LogP contribution is -2.42. The first kappa shape index (κ1) is 12.5. The third kappa shape index (κ3) is 3.20. The fraction of sp³-hybridized carbons (Fsp3) is 0.364. The molecule has 82 valence electrons. The highest BCUT2D eigenvalue weighted by Gasteiger charge is 2.22. The molecule has 0 saturated heterocycles. The second kappa shape index (κ2) is 4.52. The van der Waals surface area contributed by atoms with Gasteiger partial charge in [-0.2, -0.15) is 0 Å². The van der Waals surface area contributed by atoms with E-state index in [1.54, 1.807) is 32.0 Å². The van der Waals surface area contributed by atoms with Gasteiger partial charge in [-0.05, 0) is 25.5 Å². The van der Waals surface area contributed by atoms with Crippen LogP contribution in [0.2, 0.25) is 10.0 Å². The summed E-state index contributed by atoms with van der Waals surface area (Å²) in [6.45, 7) is 3.35. The monoisotopic (exact) mass is 245 g/mol. The topological polar surface area (TPSA) is 43.1 Å². The molecule has 0 atom stereocenters. The second-order valence-electron chi connectivity index (χ2n) is 4.03. The largest absolute Gasteiger partial charge is 0.319 e. The Morgan fingerprint density at radius 2 is 2.00 bits per heavy atom. The minimum absolute atomic E-state index is 0.0633. The highest BCUT2D eigenvalue weighted by molar-refractivity contribution is 6.42. The Morgan fingerprint density at radius 3 is 2.53 bits per heavy atom. The van der Waals surface area contributed by atoms with E-state index in [2.05, 4.69) is 0 Å². The van der Waals surface area contributed by atoms with Crippen molar-refractivity contribution in [1.29, 1.82) is 0 Å². The number of nitrogens with two attached hydrogens (primary N) is 1. The summed E-state index contributed by atoms with van der Waals surface area (Å²) in [7, 11) is 0. The molecule has 0 radical (unpaired) electrons. The van der Waals surface area contributed by atoms with Crippen molar-refractivity contribution in [3.8, 4) is 0 Å². The molecule has 4 heteroatoms. The van der Waals surface area contributed by atoms with Crippen LogP contribution in [-0.2, 0) is 11.2 Å². The standard InChI is InChI=1S/C11H13Cl2NO/c1-11(2,14)9(15)6-7-4-3-5-8(12)10(7)13/h3-5H,6,14H2,1-2H3. The number of hydrogen-bond donors (Lipinski definition) is 1. The van der Waals surface area contributed by atoms with Crippen molar-refractivity contribution >= 4 is 29.0 Å². The van der Waals surface area contributed by atoms with Crippen LogP contribution in [0.5, 0.6) is 0 Å². The molecule has 15 heavy (non-hydrogen) atoms. The molecule has 0 bridgehead atoms. The predicted octanol–water partition coefficient (Wildman–Crippen LogP) is 2.84. The van der Waals surface area contributed by atoms with Gasteiger partial charge in [0, 0.05) is 6.42 Å². The molecule has 1 aromatic carbocycles. The fourth-order valence-electron chi connectivity index (χ4n) is 1.09. The maximum Gasteiger partial charge on any atom is 0.156 e. The molecule has 2 nitrogen and oxygen atoms in total. The summed E-state index contributed by atoms with van der Waals surface area (Å²) in [5, 5.41) is 0.883. The first-order chi connectivity index (χ1) is 6.82. The molecule has 1 aromatic rings. The van der Waals surface area contributed by atoms with Crippen molar-refractivity contribution in [2.45, 2.75) is 25.8 Å². The van der Waals surface area contributed by atoms with Gasteiger partial charge in [0.05, 0.1) is 15.6 Å². The van der Waals surface area contributed by atoms with Crippen LogP contribution in [0.25, 0.3) is 0 Å². The maximum absolute atomic E-state index is 11.7. The number of ketones is 1. The normalized spacial score (nSPS) is 11.5. The van der Waals surface area contributed by atoms with E-state index in [9.17, 15) is 4.79 Å². The van der Waals surface area contributed by atoms with E-state index in [0.717, 1.165) is 0 Å². The predicted molar refractivity (Wildman–Crippen MR) is 63.4 cm³/mol. The summed E-state index contributed by atoms with van der Waals surface area (Å²) in [6.07, 6.45) is 0.211. The van der Waals surface area contributed by atoms with Crippen molar-refractivity contribution in [3.63, 3.8) is 0 Å². The van der Waals surface area contributed by atoms with Gasteiger partial charge in [-0.25, -0.2) is 0 Å². The smallest absolute Gasteiger partial charge is 0.156 e. The second-order valence-corrected chi connectivity index (χ2v) is 4.82. The third-order valence-electron chi connectivity index (χ3n) is 2.10. The summed E-state index contributed by atoms with van der Waals surface area (Å²) in [6, 6.07) is 5.23. The molecule has 0 fully saturated rings. The van der Waals surface area contributed by atoms with Crippen LogP contribution in [0.4, 0.5) is 0 Å². The summed E-state index contributed by atoms with van der Waals surface area (Å²) < 4.78 is 0. The molecule has 0 heterocycles. The van der Waals surface area contributed by atoms with Gasteiger partial charge < -0.3 is 5.73 Å². The van der Waals surface area contributed by atoms with Gasteiger partial charge in [0.25, 0.3) is 0 Å². The average Bonchev–Trinajstić information content (AvgIpc) is 2.11. The lowest BCUT2D eigenvalue weighted by atomic mass is 9.95. The summed E-state index contributed by atoms with van der Waals surface area (Å²) in [4.78, 5) is 11.7. The van der Waals surface area contributed by atoms with Crippen molar-refractivity contribution in [2.75, 3.05) is 0 Å². The van der Waals surface area contributed by atoms with Crippen LogP contribution in [0, 0.1) is 0 Å². The van der Waals surface area contributed by atoms with Gasteiger partial charge >= 0.3 is 0 Å². The zero-order valence-corrected chi connectivity index (χ0v) is 10.2. The minimum atomic E-state index is -0.842. The molecule has 1 rings (SSSR count). The lowest BCUT2D eigenvalue weighted by Gasteiger charge is -2.17.